The Morgan fingerprint density at radius 2 is 1.87 bits per heavy atom. The minimum atomic E-state index is -0.479. The third kappa shape index (κ3) is 4.78. The van der Waals surface area contributed by atoms with Crippen molar-refractivity contribution < 1.29 is 14.3 Å². The molecule has 4 rings (SSSR count). The number of carbonyl (C=O) groups is 2. The molecule has 0 spiro atoms. The van der Waals surface area contributed by atoms with E-state index in [1.807, 2.05) is 18.2 Å². The van der Waals surface area contributed by atoms with E-state index in [0.717, 1.165) is 22.5 Å². The zero-order valence-electron chi connectivity index (χ0n) is 17.9. The Bertz CT molecular complexity index is 1070. The molecular formula is C24H27N3O3S. The molecule has 2 aromatic heterocycles. The topological polar surface area (TPSA) is 71.5 Å². The Morgan fingerprint density at radius 1 is 1.13 bits per heavy atom. The molecule has 0 aliphatic heterocycles. The van der Waals surface area contributed by atoms with Gasteiger partial charge in [0.1, 0.15) is 9.71 Å². The Morgan fingerprint density at radius 3 is 2.58 bits per heavy atom. The highest BCUT2D eigenvalue weighted by Gasteiger charge is 2.23. The second kappa shape index (κ2) is 9.58. The summed E-state index contributed by atoms with van der Waals surface area (Å²) in [6, 6.07) is 13.5. The van der Waals surface area contributed by atoms with Crippen LogP contribution < -0.4 is 5.32 Å². The maximum absolute atomic E-state index is 12.7. The van der Waals surface area contributed by atoms with Crippen LogP contribution in [0.25, 0.3) is 10.2 Å². The van der Waals surface area contributed by atoms with Crippen LogP contribution in [0.15, 0.2) is 42.5 Å². The molecular weight excluding hydrogens is 410 g/mol. The Labute approximate surface area is 186 Å². The lowest BCUT2D eigenvalue weighted by Gasteiger charge is -2.30. The largest absolute Gasteiger partial charge is 0.465 e. The van der Waals surface area contributed by atoms with Crippen molar-refractivity contribution in [3.63, 3.8) is 0 Å². The molecule has 6 nitrogen and oxygen atoms in total. The van der Waals surface area contributed by atoms with Gasteiger partial charge in [0.05, 0.1) is 18.5 Å². The number of nitrogens with zero attached hydrogens (tertiary/aromatic N) is 2. The van der Waals surface area contributed by atoms with Gasteiger partial charge in [-0.05, 0) is 44.2 Å². The first-order valence-electron chi connectivity index (χ1n) is 10.6. The monoisotopic (exact) mass is 437 g/mol. The molecule has 0 atom stereocenters. The molecule has 1 aliphatic carbocycles. The van der Waals surface area contributed by atoms with Crippen LogP contribution in [-0.2, 0) is 11.3 Å². The molecule has 162 valence electrons. The fourth-order valence-electron chi connectivity index (χ4n) is 4.15. The summed E-state index contributed by atoms with van der Waals surface area (Å²) in [6.07, 6.45) is 6.38. The molecule has 1 amide bonds. The predicted molar refractivity (Wildman–Crippen MR) is 124 cm³/mol. The zero-order chi connectivity index (χ0) is 21.8. The molecule has 0 saturated heterocycles. The van der Waals surface area contributed by atoms with Gasteiger partial charge in [-0.15, -0.1) is 11.3 Å². The number of methoxy groups -OCH3 is 1. The Hall–Kier alpha value is -2.77. The summed E-state index contributed by atoms with van der Waals surface area (Å²) in [4.78, 5) is 33.4. The number of aromatic nitrogens is 1. The van der Waals surface area contributed by atoms with Gasteiger partial charge in [0.15, 0.2) is 0 Å². The number of benzene rings is 1. The molecule has 7 heteroatoms. The molecule has 1 fully saturated rings. The quantitative estimate of drug-likeness (QED) is 0.543. The van der Waals surface area contributed by atoms with Crippen molar-refractivity contribution in [3.8, 4) is 0 Å². The van der Waals surface area contributed by atoms with Gasteiger partial charge in [0.25, 0.3) is 5.91 Å². The van der Waals surface area contributed by atoms with Crippen LogP contribution >= 0.6 is 11.3 Å². The number of ether oxygens (including phenoxy) is 1. The van der Waals surface area contributed by atoms with E-state index in [-0.39, 0.29) is 5.91 Å². The number of pyridine rings is 1. The van der Waals surface area contributed by atoms with Crippen molar-refractivity contribution in [2.24, 2.45) is 0 Å². The van der Waals surface area contributed by atoms with Crippen LogP contribution in [0.3, 0.4) is 0 Å². The van der Waals surface area contributed by atoms with E-state index >= 15 is 0 Å². The van der Waals surface area contributed by atoms with Gasteiger partial charge in [0, 0.05) is 23.5 Å². The molecule has 1 aliphatic rings. The average molecular weight is 438 g/mol. The third-order valence-electron chi connectivity index (χ3n) is 5.87. The standard InChI is InChI=1S/C24H27N3O3S/c1-27(18-11-7-4-8-12-18)15-17-13-14-19-20(21(24(29)30-2)31-23(19)25-17)26-22(28)16-9-5-3-6-10-16/h3,5-6,9-10,13-14,18H,4,7-8,11-12,15H2,1-2H3,(H,26,28). The Kier molecular flexibility index (Phi) is 6.63. The normalized spacial score (nSPS) is 14.7. The third-order valence-corrected chi connectivity index (χ3v) is 6.95. The highest BCUT2D eigenvalue weighted by molar-refractivity contribution is 7.21. The highest BCUT2D eigenvalue weighted by atomic mass is 32.1. The van der Waals surface area contributed by atoms with Gasteiger partial charge in [-0.3, -0.25) is 9.69 Å². The first-order chi connectivity index (χ1) is 15.1. The van der Waals surface area contributed by atoms with E-state index < -0.39 is 5.97 Å². The number of carbonyl (C=O) groups excluding carboxylic acids is 2. The van der Waals surface area contributed by atoms with Crippen molar-refractivity contribution in [1.29, 1.82) is 0 Å². The van der Waals surface area contributed by atoms with E-state index in [1.165, 1.54) is 50.6 Å². The SMILES string of the molecule is COC(=O)c1sc2nc(CN(C)C3CCCCC3)ccc2c1NC(=O)c1ccccc1. The van der Waals surface area contributed by atoms with Crippen molar-refractivity contribution in [2.45, 2.75) is 44.7 Å². The van der Waals surface area contributed by atoms with Gasteiger partial charge in [-0.1, -0.05) is 37.5 Å². The number of hydrogen-bond donors (Lipinski definition) is 1. The average Bonchev–Trinajstić information content (AvgIpc) is 3.17. The molecule has 0 radical (unpaired) electrons. The fraction of sp³-hybridized carbons (Fsp3) is 0.375. The van der Waals surface area contributed by atoms with Crippen molar-refractivity contribution in [3.05, 3.63) is 58.6 Å². The number of hydrogen-bond acceptors (Lipinski definition) is 6. The first-order valence-corrected chi connectivity index (χ1v) is 11.5. The molecule has 3 aromatic rings. The van der Waals surface area contributed by atoms with Crippen LogP contribution in [0, 0.1) is 0 Å². The van der Waals surface area contributed by atoms with Gasteiger partial charge < -0.3 is 10.1 Å². The summed E-state index contributed by atoms with van der Waals surface area (Å²) in [5, 5.41) is 3.65. The second-order valence-electron chi connectivity index (χ2n) is 7.98. The fourth-order valence-corrected chi connectivity index (χ4v) is 5.21. The van der Waals surface area contributed by atoms with E-state index in [2.05, 4.69) is 17.3 Å². The maximum atomic E-state index is 12.7. The summed E-state index contributed by atoms with van der Waals surface area (Å²) in [7, 11) is 3.50. The molecule has 31 heavy (non-hydrogen) atoms. The molecule has 0 unspecified atom stereocenters. The molecule has 1 N–H and O–H groups in total. The maximum Gasteiger partial charge on any atom is 0.350 e. The van der Waals surface area contributed by atoms with Gasteiger partial charge in [-0.25, -0.2) is 9.78 Å². The van der Waals surface area contributed by atoms with Crippen molar-refractivity contribution >= 4 is 39.1 Å². The first kappa shape index (κ1) is 21.5. The number of thiophene rings is 1. The van der Waals surface area contributed by atoms with Crippen LogP contribution in [0.2, 0.25) is 0 Å². The summed E-state index contributed by atoms with van der Waals surface area (Å²) in [6.45, 7) is 0.762. The number of fused-ring (bicyclic) bond motifs is 1. The van der Waals surface area contributed by atoms with Crippen LogP contribution in [0.4, 0.5) is 5.69 Å². The zero-order valence-corrected chi connectivity index (χ0v) is 18.7. The summed E-state index contributed by atoms with van der Waals surface area (Å²) in [5.74, 6) is -0.751. The van der Waals surface area contributed by atoms with Gasteiger partial charge in [-0.2, -0.15) is 0 Å². The highest BCUT2D eigenvalue weighted by Crippen LogP contribution is 2.36. The van der Waals surface area contributed by atoms with E-state index in [0.29, 0.717) is 22.2 Å². The van der Waals surface area contributed by atoms with E-state index in [4.69, 9.17) is 9.72 Å². The van der Waals surface area contributed by atoms with Crippen molar-refractivity contribution in [2.75, 3.05) is 19.5 Å². The summed E-state index contributed by atoms with van der Waals surface area (Å²) < 4.78 is 4.95. The van der Waals surface area contributed by atoms with Gasteiger partial charge >= 0.3 is 5.97 Å². The molecule has 0 bridgehead atoms. The van der Waals surface area contributed by atoms with E-state index in [1.54, 1.807) is 24.3 Å². The number of esters is 1. The lowest BCUT2D eigenvalue weighted by atomic mass is 9.94. The second-order valence-corrected chi connectivity index (χ2v) is 8.98. The number of nitrogens with one attached hydrogen (secondary N) is 1. The van der Waals surface area contributed by atoms with Gasteiger partial charge in [0.2, 0.25) is 0 Å². The van der Waals surface area contributed by atoms with Crippen LogP contribution in [0.1, 0.15) is 57.8 Å². The number of anilines is 1. The van der Waals surface area contributed by atoms with Crippen LogP contribution in [0.5, 0.6) is 0 Å². The molecule has 1 aromatic carbocycles. The van der Waals surface area contributed by atoms with E-state index in [9.17, 15) is 9.59 Å². The molecule has 2 heterocycles. The number of rotatable bonds is 6. The smallest absolute Gasteiger partial charge is 0.350 e. The minimum absolute atomic E-state index is 0.272. The van der Waals surface area contributed by atoms with Crippen molar-refractivity contribution in [1.82, 2.24) is 9.88 Å². The van der Waals surface area contributed by atoms with Crippen LogP contribution in [-0.4, -0.2) is 42.0 Å². The summed E-state index contributed by atoms with van der Waals surface area (Å²) in [5.41, 5.74) is 1.94. The number of amides is 1. The lowest BCUT2D eigenvalue weighted by Crippen LogP contribution is -2.33. The summed E-state index contributed by atoms with van der Waals surface area (Å²) >= 11 is 1.25. The molecule has 1 saturated carbocycles. The predicted octanol–water partition coefficient (Wildman–Crippen LogP) is 5.10. The minimum Gasteiger partial charge on any atom is -0.465 e. The lowest BCUT2D eigenvalue weighted by molar-refractivity contribution is 0.0607. The Balaban J connectivity index is 1.62.